The van der Waals surface area contributed by atoms with Crippen LogP contribution in [0, 0.1) is 0 Å². The van der Waals surface area contributed by atoms with Crippen molar-refractivity contribution in [1.29, 1.82) is 0 Å². The number of aliphatic hydroxyl groups excluding tert-OH is 1. The molecule has 0 saturated heterocycles. The third-order valence-corrected chi connectivity index (χ3v) is 3.30. The van der Waals surface area contributed by atoms with E-state index in [-0.39, 0.29) is 5.75 Å². The van der Waals surface area contributed by atoms with Crippen LogP contribution in [-0.4, -0.2) is 45.0 Å². The highest BCUT2D eigenvalue weighted by Crippen LogP contribution is 1.92. The maximum atomic E-state index is 11.3. The molecule has 0 aromatic heterocycles. The van der Waals surface area contributed by atoms with Gasteiger partial charge in [0.05, 0.1) is 11.9 Å². The number of unbranched alkanes of at least 4 members (excludes halogenated alkanes) is 1. The lowest BCUT2D eigenvalue weighted by molar-refractivity contribution is 0.192. The lowest BCUT2D eigenvalue weighted by atomic mass is 10.4. The third kappa shape index (κ3) is 10.1. The van der Waals surface area contributed by atoms with E-state index in [4.69, 9.17) is 5.11 Å². The zero-order valence-electron chi connectivity index (χ0n) is 9.49. The Morgan fingerprint density at radius 1 is 1.33 bits per heavy atom. The van der Waals surface area contributed by atoms with Crippen molar-refractivity contribution in [2.24, 2.45) is 0 Å². The minimum Gasteiger partial charge on any atom is -0.392 e. The van der Waals surface area contributed by atoms with E-state index in [0.717, 1.165) is 6.42 Å². The molecular formula is C9H22N2O3S. The van der Waals surface area contributed by atoms with Gasteiger partial charge < -0.3 is 10.4 Å². The quantitative estimate of drug-likeness (QED) is 0.481. The highest BCUT2D eigenvalue weighted by Gasteiger charge is 2.07. The van der Waals surface area contributed by atoms with E-state index < -0.39 is 16.1 Å². The zero-order chi connectivity index (χ0) is 11.7. The van der Waals surface area contributed by atoms with Crippen molar-refractivity contribution in [2.75, 3.05) is 25.4 Å². The Hall–Kier alpha value is -0.170. The average Bonchev–Trinajstić information content (AvgIpc) is 2.14. The van der Waals surface area contributed by atoms with Crippen molar-refractivity contribution < 1.29 is 13.5 Å². The maximum absolute atomic E-state index is 11.3. The van der Waals surface area contributed by atoms with Gasteiger partial charge in [0, 0.05) is 19.6 Å². The molecule has 0 aromatic carbocycles. The normalized spacial score (nSPS) is 14.1. The number of hydrogen-bond acceptors (Lipinski definition) is 4. The van der Waals surface area contributed by atoms with Crippen LogP contribution in [0.25, 0.3) is 0 Å². The van der Waals surface area contributed by atoms with Crippen LogP contribution in [0.5, 0.6) is 0 Å². The van der Waals surface area contributed by atoms with Gasteiger partial charge in [0.25, 0.3) is 0 Å². The van der Waals surface area contributed by atoms with Gasteiger partial charge in [-0.15, -0.1) is 0 Å². The monoisotopic (exact) mass is 238 g/mol. The van der Waals surface area contributed by atoms with Crippen LogP contribution in [0.3, 0.4) is 0 Å². The van der Waals surface area contributed by atoms with Gasteiger partial charge in [-0.25, -0.2) is 13.1 Å². The van der Waals surface area contributed by atoms with E-state index in [1.54, 1.807) is 6.92 Å². The molecule has 0 saturated carbocycles. The van der Waals surface area contributed by atoms with Crippen LogP contribution in [0.1, 0.15) is 26.7 Å². The molecule has 6 heteroatoms. The van der Waals surface area contributed by atoms with E-state index in [1.807, 2.05) is 6.92 Å². The van der Waals surface area contributed by atoms with Crippen LogP contribution in [0.15, 0.2) is 0 Å². The fourth-order valence-corrected chi connectivity index (χ4v) is 2.24. The molecule has 0 aliphatic carbocycles. The van der Waals surface area contributed by atoms with Gasteiger partial charge in [0.2, 0.25) is 10.0 Å². The van der Waals surface area contributed by atoms with Crippen LogP contribution < -0.4 is 10.0 Å². The molecule has 0 radical (unpaired) electrons. The lowest BCUT2D eigenvalue weighted by Gasteiger charge is -2.08. The Labute approximate surface area is 92.3 Å². The van der Waals surface area contributed by atoms with Crippen LogP contribution >= 0.6 is 0 Å². The van der Waals surface area contributed by atoms with Crippen molar-refractivity contribution in [3.8, 4) is 0 Å². The average molecular weight is 238 g/mol. The first-order valence-electron chi connectivity index (χ1n) is 5.34. The molecule has 0 aliphatic heterocycles. The summed E-state index contributed by atoms with van der Waals surface area (Å²) in [6.07, 6.45) is 1.17. The van der Waals surface area contributed by atoms with E-state index in [1.165, 1.54) is 0 Å². The van der Waals surface area contributed by atoms with E-state index in [9.17, 15) is 8.42 Å². The second-order valence-electron chi connectivity index (χ2n) is 3.62. The van der Waals surface area contributed by atoms with Crippen molar-refractivity contribution >= 4 is 10.0 Å². The summed E-state index contributed by atoms with van der Waals surface area (Å²) in [7, 11) is -3.10. The highest BCUT2D eigenvalue weighted by atomic mass is 32.2. The summed E-state index contributed by atoms with van der Waals surface area (Å²) in [5.74, 6) is 0.194. The largest absolute Gasteiger partial charge is 0.392 e. The van der Waals surface area contributed by atoms with Gasteiger partial charge in [0.15, 0.2) is 0 Å². The molecule has 3 N–H and O–H groups in total. The molecular weight excluding hydrogens is 216 g/mol. The number of rotatable bonds is 9. The summed E-state index contributed by atoms with van der Waals surface area (Å²) in [5.41, 5.74) is 0. The topological polar surface area (TPSA) is 78.4 Å². The number of aliphatic hydroxyl groups is 1. The van der Waals surface area contributed by atoms with Gasteiger partial charge in [-0.3, -0.25) is 0 Å². The number of nitrogens with one attached hydrogen (secondary N) is 2. The Morgan fingerprint density at radius 3 is 2.53 bits per heavy atom. The van der Waals surface area contributed by atoms with Crippen molar-refractivity contribution in [3.05, 3.63) is 0 Å². The highest BCUT2D eigenvalue weighted by molar-refractivity contribution is 7.89. The lowest BCUT2D eigenvalue weighted by Crippen LogP contribution is -2.35. The molecule has 0 aliphatic rings. The summed E-state index contributed by atoms with van der Waals surface area (Å²) in [6.45, 7) is 5.03. The molecule has 1 unspecified atom stereocenters. The molecule has 0 bridgehead atoms. The van der Waals surface area contributed by atoms with Crippen LogP contribution in [0.4, 0.5) is 0 Å². The first-order valence-corrected chi connectivity index (χ1v) is 6.99. The van der Waals surface area contributed by atoms with Gasteiger partial charge >= 0.3 is 0 Å². The minimum atomic E-state index is -3.10. The summed E-state index contributed by atoms with van der Waals surface area (Å²) in [6, 6.07) is 0. The Balaban J connectivity index is 3.49. The third-order valence-electron chi connectivity index (χ3n) is 1.83. The van der Waals surface area contributed by atoms with Gasteiger partial charge in [0.1, 0.15) is 0 Å². The molecule has 0 spiro atoms. The Morgan fingerprint density at radius 2 is 2.00 bits per heavy atom. The van der Waals surface area contributed by atoms with Gasteiger partial charge in [-0.1, -0.05) is 13.3 Å². The number of hydrogen-bond donors (Lipinski definition) is 3. The van der Waals surface area contributed by atoms with Crippen molar-refractivity contribution in [3.63, 3.8) is 0 Å². The molecule has 0 heterocycles. The fourth-order valence-electron chi connectivity index (χ4n) is 1.01. The van der Waals surface area contributed by atoms with Crippen LogP contribution in [0.2, 0.25) is 0 Å². The summed E-state index contributed by atoms with van der Waals surface area (Å²) < 4.78 is 25.1. The molecule has 0 fully saturated rings. The van der Waals surface area contributed by atoms with E-state index in [2.05, 4.69) is 10.0 Å². The smallest absolute Gasteiger partial charge is 0.211 e. The standard InChI is InChI=1S/C9H22N2O3S/c1-3-4-7-15(13,14)11-6-5-10-8-9(2)12/h9-12H,3-8H2,1-2H3. The predicted molar refractivity (Wildman–Crippen MR) is 61.2 cm³/mol. The van der Waals surface area contributed by atoms with Gasteiger partial charge in [-0.2, -0.15) is 0 Å². The molecule has 0 rings (SSSR count). The maximum Gasteiger partial charge on any atom is 0.211 e. The Bertz CT molecular complexity index is 240. The number of sulfonamides is 1. The molecule has 5 nitrogen and oxygen atoms in total. The second-order valence-corrected chi connectivity index (χ2v) is 5.55. The predicted octanol–water partition coefficient (Wildman–Crippen LogP) is -0.324. The second kappa shape index (κ2) is 8.04. The SMILES string of the molecule is CCCCS(=O)(=O)NCCNCC(C)O. The fraction of sp³-hybridized carbons (Fsp3) is 1.00. The molecule has 92 valence electrons. The van der Waals surface area contributed by atoms with Gasteiger partial charge in [-0.05, 0) is 13.3 Å². The molecule has 15 heavy (non-hydrogen) atoms. The Kier molecular flexibility index (Phi) is 7.95. The minimum absolute atomic E-state index is 0.194. The van der Waals surface area contributed by atoms with Crippen molar-refractivity contribution in [2.45, 2.75) is 32.8 Å². The molecule has 1 atom stereocenters. The van der Waals surface area contributed by atoms with E-state index >= 15 is 0 Å². The van der Waals surface area contributed by atoms with E-state index in [0.29, 0.717) is 26.1 Å². The first-order chi connectivity index (χ1) is 6.98. The molecule has 0 amide bonds. The summed E-state index contributed by atoms with van der Waals surface area (Å²) in [4.78, 5) is 0. The van der Waals surface area contributed by atoms with Crippen LogP contribution in [-0.2, 0) is 10.0 Å². The zero-order valence-corrected chi connectivity index (χ0v) is 10.3. The molecule has 0 aromatic rings. The first kappa shape index (κ1) is 14.8. The van der Waals surface area contributed by atoms with Crippen molar-refractivity contribution in [1.82, 2.24) is 10.0 Å². The summed E-state index contributed by atoms with van der Waals surface area (Å²) >= 11 is 0. The summed E-state index contributed by atoms with van der Waals surface area (Å²) in [5, 5.41) is 11.9.